The number of piperazine rings is 1. The molecule has 0 spiro atoms. The van der Waals surface area contributed by atoms with Crippen LogP contribution in [0.2, 0.25) is 0 Å². The van der Waals surface area contributed by atoms with E-state index in [1.54, 1.807) is 18.8 Å². The first-order valence-corrected chi connectivity index (χ1v) is 16.7. The van der Waals surface area contributed by atoms with Crippen LogP contribution in [0, 0.1) is 0 Å². The van der Waals surface area contributed by atoms with E-state index in [1.165, 1.54) is 12.8 Å². The number of nitrogens with zero attached hydrogens (tertiary/aromatic N) is 4. The molecule has 3 aliphatic rings. The van der Waals surface area contributed by atoms with Crippen molar-refractivity contribution in [3.8, 4) is 11.5 Å². The topological polar surface area (TPSA) is 106 Å². The van der Waals surface area contributed by atoms with Crippen molar-refractivity contribution in [1.82, 2.24) is 24.3 Å². The Bertz CT molecular complexity index is 1510. The number of methoxy groups -OCH3 is 1. The second-order valence-corrected chi connectivity index (χ2v) is 13.6. The lowest BCUT2D eigenvalue weighted by molar-refractivity contribution is 0.0700. The second kappa shape index (κ2) is 13.5. The monoisotopic (exact) mass is 619 g/mol. The number of ether oxygens (including phenoxy) is 2. The Balaban J connectivity index is 1.01. The minimum atomic E-state index is -0.940. The van der Waals surface area contributed by atoms with Crippen LogP contribution in [-0.4, -0.2) is 73.5 Å². The fraction of sp³-hybridized carbons (Fsp3) is 0.485. The van der Waals surface area contributed by atoms with Crippen molar-refractivity contribution in [3.05, 3.63) is 76.6 Å². The third kappa shape index (κ3) is 6.83. The zero-order chi connectivity index (χ0) is 30.6. The van der Waals surface area contributed by atoms with Gasteiger partial charge in [0.05, 0.1) is 23.8 Å². The summed E-state index contributed by atoms with van der Waals surface area (Å²) in [5, 5.41) is 7.75. The molecule has 2 heterocycles. The van der Waals surface area contributed by atoms with E-state index in [0.717, 1.165) is 42.5 Å². The summed E-state index contributed by atoms with van der Waals surface area (Å²) in [6.07, 6.45) is 6.70. The zero-order valence-electron chi connectivity index (χ0n) is 25.5. The van der Waals surface area contributed by atoms with Gasteiger partial charge in [-0.3, -0.25) is 14.3 Å². The van der Waals surface area contributed by atoms with E-state index in [2.05, 4.69) is 10.4 Å². The summed E-state index contributed by atoms with van der Waals surface area (Å²) in [5.74, 6) is 1.43. The SMILES string of the molecule is COc1c(CNC(=O)c2cc(C3CC3)nn2C)cccc1OCc1ccc(C(=O)N2CCN(S(=O)C3CCCC3)CC2)cc1. The van der Waals surface area contributed by atoms with E-state index in [0.29, 0.717) is 61.5 Å². The van der Waals surface area contributed by atoms with E-state index in [1.807, 2.05) is 57.7 Å². The highest BCUT2D eigenvalue weighted by atomic mass is 32.2. The van der Waals surface area contributed by atoms with Crippen molar-refractivity contribution in [3.63, 3.8) is 0 Å². The van der Waals surface area contributed by atoms with Crippen LogP contribution >= 0.6 is 0 Å². The van der Waals surface area contributed by atoms with E-state index < -0.39 is 11.0 Å². The van der Waals surface area contributed by atoms with Crippen molar-refractivity contribution < 1.29 is 23.3 Å². The molecule has 44 heavy (non-hydrogen) atoms. The predicted molar refractivity (Wildman–Crippen MR) is 168 cm³/mol. The Morgan fingerprint density at radius 3 is 2.41 bits per heavy atom. The van der Waals surface area contributed by atoms with Crippen LogP contribution in [0.5, 0.6) is 11.5 Å². The number of aromatic nitrogens is 2. The second-order valence-electron chi connectivity index (χ2n) is 11.9. The minimum Gasteiger partial charge on any atom is -0.493 e. The van der Waals surface area contributed by atoms with Gasteiger partial charge in [-0.15, -0.1) is 0 Å². The summed E-state index contributed by atoms with van der Waals surface area (Å²) in [7, 11) is 2.44. The van der Waals surface area contributed by atoms with Gasteiger partial charge in [-0.1, -0.05) is 37.1 Å². The number of benzene rings is 2. The molecule has 3 aromatic rings. The smallest absolute Gasteiger partial charge is 0.269 e. The molecular formula is C33H41N5O5S. The highest BCUT2D eigenvalue weighted by Gasteiger charge is 2.31. The van der Waals surface area contributed by atoms with Crippen molar-refractivity contribution >= 4 is 22.8 Å². The Morgan fingerprint density at radius 2 is 1.73 bits per heavy atom. The molecule has 1 saturated heterocycles. The largest absolute Gasteiger partial charge is 0.493 e. The summed E-state index contributed by atoms with van der Waals surface area (Å²) in [4.78, 5) is 27.9. The third-order valence-corrected chi connectivity index (χ3v) is 10.7. The first-order valence-electron chi connectivity index (χ1n) is 15.6. The highest BCUT2D eigenvalue weighted by molar-refractivity contribution is 7.83. The minimum absolute atomic E-state index is 0.00456. The number of carbonyl (C=O) groups is 2. The van der Waals surface area contributed by atoms with Gasteiger partial charge in [0.1, 0.15) is 12.3 Å². The maximum absolute atomic E-state index is 13.1. The van der Waals surface area contributed by atoms with Gasteiger partial charge in [0.15, 0.2) is 11.5 Å². The number of aryl methyl sites for hydroxylation is 1. The Morgan fingerprint density at radius 1 is 1.00 bits per heavy atom. The Kier molecular flexibility index (Phi) is 9.32. The molecule has 234 valence electrons. The van der Waals surface area contributed by atoms with E-state index in [9.17, 15) is 13.8 Å². The number of carbonyl (C=O) groups excluding carboxylic acids is 2. The standard InChI is InChI=1S/C33H41N5O5S/c1-36-29(20-28(35-36)24-14-15-24)32(39)34-21-26-6-5-9-30(31(26)42-2)43-22-23-10-12-25(13-11-23)33(40)37-16-18-38(19-17-37)44(41)27-7-3-4-8-27/h5-6,9-13,20,24,27H,3-4,7-8,14-19,21-22H2,1-2H3,(H,34,39). The molecule has 1 aliphatic heterocycles. The Labute approximate surface area is 261 Å². The van der Waals surface area contributed by atoms with Crippen LogP contribution < -0.4 is 14.8 Å². The molecule has 1 unspecified atom stereocenters. The van der Waals surface area contributed by atoms with Gasteiger partial charge in [-0.25, -0.2) is 8.51 Å². The van der Waals surface area contributed by atoms with E-state index in [4.69, 9.17) is 9.47 Å². The van der Waals surface area contributed by atoms with Crippen LogP contribution in [-0.2, 0) is 31.2 Å². The number of para-hydroxylation sites is 1. The number of amides is 2. The van der Waals surface area contributed by atoms with Crippen molar-refractivity contribution in [2.24, 2.45) is 7.05 Å². The van der Waals surface area contributed by atoms with E-state index >= 15 is 0 Å². The van der Waals surface area contributed by atoms with Gasteiger partial charge in [0, 0.05) is 62.1 Å². The molecule has 1 atom stereocenters. The van der Waals surface area contributed by atoms with Crippen molar-refractivity contribution in [2.45, 2.75) is 62.8 Å². The normalized spacial score (nSPS) is 18.3. The van der Waals surface area contributed by atoms with Gasteiger partial charge in [-0.2, -0.15) is 5.10 Å². The average molecular weight is 620 g/mol. The van der Waals surface area contributed by atoms with Crippen molar-refractivity contribution in [1.29, 1.82) is 0 Å². The molecule has 0 radical (unpaired) electrons. The maximum Gasteiger partial charge on any atom is 0.269 e. The van der Waals surface area contributed by atoms with Crippen LogP contribution in [0.25, 0.3) is 0 Å². The summed E-state index contributed by atoms with van der Waals surface area (Å²) >= 11 is 0. The zero-order valence-corrected chi connectivity index (χ0v) is 26.3. The Hall–Kier alpha value is -3.70. The molecule has 0 bridgehead atoms. The molecule has 3 fully saturated rings. The molecule has 11 heteroatoms. The van der Waals surface area contributed by atoms with Gasteiger partial charge < -0.3 is 19.7 Å². The van der Waals surface area contributed by atoms with Crippen molar-refractivity contribution in [2.75, 3.05) is 33.3 Å². The fourth-order valence-corrected chi connectivity index (χ4v) is 7.73. The molecule has 2 aliphatic carbocycles. The first-order chi connectivity index (χ1) is 21.4. The number of hydrogen-bond acceptors (Lipinski definition) is 6. The highest BCUT2D eigenvalue weighted by Crippen LogP contribution is 2.39. The summed E-state index contributed by atoms with van der Waals surface area (Å²) in [6, 6.07) is 15.0. The van der Waals surface area contributed by atoms with Gasteiger partial charge in [0.2, 0.25) is 0 Å². The van der Waals surface area contributed by atoms with Crippen LogP contribution in [0.15, 0.2) is 48.5 Å². The van der Waals surface area contributed by atoms with E-state index in [-0.39, 0.29) is 23.6 Å². The van der Waals surface area contributed by atoms with Crippen LogP contribution in [0.4, 0.5) is 0 Å². The van der Waals surface area contributed by atoms with Gasteiger partial charge >= 0.3 is 0 Å². The summed E-state index contributed by atoms with van der Waals surface area (Å²) < 4.78 is 28.3. The van der Waals surface area contributed by atoms with Gasteiger partial charge in [0.25, 0.3) is 11.8 Å². The molecular weight excluding hydrogens is 578 g/mol. The lowest BCUT2D eigenvalue weighted by Gasteiger charge is -2.35. The first kappa shape index (κ1) is 30.3. The lowest BCUT2D eigenvalue weighted by atomic mass is 10.1. The number of hydrogen-bond donors (Lipinski definition) is 1. The average Bonchev–Trinajstić information content (AvgIpc) is 3.61. The fourth-order valence-electron chi connectivity index (χ4n) is 6.05. The molecule has 1 N–H and O–H groups in total. The van der Waals surface area contributed by atoms with Crippen LogP contribution in [0.3, 0.4) is 0 Å². The number of nitrogens with one attached hydrogen (secondary N) is 1. The molecule has 1 aromatic heterocycles. The molecule has 2 saturated carbocycles. The van der Waals surface area contributed by atoms with Gasteiger partial charge in [-0.05, 0) is 55.5 Å². The molecule has 2 amide bonds. The lowest BCUT2D eigenvalue weighted by Crippen LogP contribution is -2.50. The summed E-state index contributed by atoms with van der Waals surface area (Å²) in [5.41, 5.74) is 3.87. The molecule has 6 rings (SSSR count). The third-order valence-electron chi connectivity index (χ3n) is 8.79. The molecule has 10 nitrogen and oxygen atoms in total. The maximum atomic E-state index is 13.1. The quantitative estimate of drug-likeness (QED) is 0.345. The number of rotatable bonds is 11. The summed E-state index contributed by atoms with van der Waals surface area (Å²) in [6.45, 7) is 3.05. The molecule has 2 aromatic carbocycles. The van der Waals surface area contributed by atoms with Crippen LogP contribution in [0.1, 0.15) is 82.1 Å². The predicted octanol–water partition coefficient (Wildman–Crippen LogP) is 4.18.